The van der Waals surface area contributed by atoms with Crippen LogP contribution in [0.1, 0.15) is 22.3 Å². The molecule has 0 spiro atoms. The van der Waals surface area contributed by atoms with Crippen molar-refractivity contribution in [2.24, 2.45) is 0 Å². The molecule has 0 aliphatic carbocycles. The Balaban J connectivity index is 1.85. The summed E-state index contributed by atoms with van der Waals surface area (Å²) in [6.07, 6.45) is 0. The number of methoxy groups -OCH3 is 2. The first-order chi connectivity index (χ1) is 16.4. The maximum absolute atomic E-state index is 13.6. The first-order valence-electron chi connectivity index (χ1n) is 10.6. The zero-order chi connectivity index (χ0) is 24.4. The van der Waals surface area contributed by atoms with Gasteiger partial charge in [0, 0.05) is 23.9 Å². The van der Waals surface area contributed by atoms with Crippen LogP contribution in [0.25, 0.3) is 5.57 Å². The van der Waals surface area contributed by atoms with Crippen molar-refractivity contribution in [1.82, 2.24) is 0 Å². The van der Waals surface area contributed by atoms with E-state index in [4.69, 9.17) is 14.7 Å². The van der Waals surface area contributed by atoms with E-state index in [0.29, 0.717) is 34.0 Å². The van der Waals surface area contributed by atoms with E-state index in [2.05, 4.69) is 5.32 Å². The molecule has 0 atom stereocenters. The van der Waals surface area contributed by atoms with Crippen molar-refractivity contribution in [2.75, 3.05) is 24.4 Å². The first kappa shape index (κ1) is 22.6. The molecule has 170 valence electrons. The fourth-order valence-electron chi connectivity index (χ4n) is 3.93. The molecule has 0 fully saturated rings. The molecule has 0 aromatic heterocycles. The molecule has 3 aromatic carbocycles. The Morgan fingerprint density at radius 1 is 0.853 bits per heavy atom. The van der Waals surface area contributed by atoms with Gasteiger partial charge in [-0.25, -0.2) is 4.90 Å². The minimum Gasteiger partial charge on any atom is -0.497 e. The third-order valence-electron chi connectivity index (χ3n) is 5.61. The predicted molar refractivity (Wildman–Crippen MR) is 130 cm³/mol. The summed E-state index contributed by atoms with van der Waals surface area (Å²) in [6, 6.07) is 19.2. The molecule has 0 bridgehead atoms. The lowest BCUT2D eigenvalue weighted by Gasteiger charge is -2.16. The Hall–Kier alpha value is -4.57. The number of nitriles is 1. The van der Waals surface area contributed by atoms with Gasteiger partial charge < -0.3 is 14.8 Å². The highest BCUT2D eigenvalue weighted by Crippen LogP contribution is 2.36. The van der Waals surface area contributed by atoms with E-state index in [-0.39, 0.29) is 11.3 Å². The van der Waals surface area contributed by atoms with Gasteiger partial charge in [0.15, 0.2) is 0 Å². The van der Waals surface area contributed by atoms with E-state index in [1.54, 1.807) is 42.5 Å². The second-order valence-corrected chi connectivity index (χ2v) is 7.90. The monoisotopic (exact) mass is 453 g/mol. The molecule has 4 rings (SSSR count). The first-order valence-corrected chi connectivity index (χ1v) is 10.6. The summed E-state index contributed by atoms with van der Waals surface area (Å²) in [4.78, 5) is 28.4. The molecule has 0 unspecified atom stereocenters. The molecule has 0 saturated heterocycles. The normalized spacial score (nSPS) is 13.2. The molecule has 0 saturated carbocycles. The maximum Gasteiger partial charge on any atom is 0.282 e. The zero-order valence-electron chi connectivity index (χ0n) is 19.3. The fraction of sp³-hybridized carbons (Fsp3) is 0.148. The average molecular weight is 453 g/mol. The molecule has 0 radical (unpaired) electrons. The smallest absolute Gasteiger partial charge is 0.282 e. The van der Waals surface area contributed by atoms with Crippen LogP contribution in [0.5, 0.6) is 11.5 Å². The van der Waals surface area contributed by atoms with Gasteiger partial charge in [0.05, 0.1) is 37.1 Å². The van der Waals surface area contributed by atoms with Crippen molar-refractivity contribution < 1.29 is 19.1 Å². The summed E-state index contributed by atoms with van der Waals surface area (Å²) < 4.78 is 10.7. The van der Waals surface area contributed by atoms with Crippen LogP contribution in [0.4, 0.5) is 11.4 Å². The summed E-state index contributed by atoms with van der Waals surface area (Å²) in [6.45, 7) is 3.88. The summed E-state index contributed by atoms with van der Waals surface area (Å²) in [7, 11) is 3.07. The molecule has 3 aromatic rings. The van der Waals surface area contributed by atoms with Gasteiger partial charge in [-0.05, 0) is 49.2 Å². The highest BCUT2D eigenvalue weighted by molar-refractivity contribution is 6.46. The van der Waals surface area contributed by atoms with Crippen LogP contribution < -0.4 is 19.7 Å². The van der Waals surface area contributed by atoms with Crippen molar-refractivity contribution in [2.45, 2.75) is 13.8 Å². The number of benzene rings is 3. The molecule has 1 aliphatic heterocycles. The lowest BCUT2D eigenvalue weighted by atomic mass is 9.97. The molecule has 1 aliphatic rings. The van der Waals surface area contributed by atoms with Crippen molar-refractivity contribution in [3.05, 3.63) is 88.6 Å². The lowest BCUT2D eigenvalue weighted by Crippen LogP contribution is -2.32. The van der Waals surface area contributed by atoms with Gasteiger partial charge in [0.2, 0.25) is 0 Å². The number of hydrogen-bond acceptors (Lipinski definition) is 6. The van der Waals surface area contributed by atoms with Crippen LogP contribution in [0.2, 0.25) is 0 Å². The Kier molecular flexibility index (Phi) is 6.07. The lowest BCUT2D eigenvalue weighted by molar-refractivity contribution is -0.120. The number of anilines is 2. The summed E-state index contributed by atoms with van der Waals surface area (Å²) in [5.41, 5.74) is 4.37. The highest BCUT2D eigenvalue weighted by atomic mass is 16.5. The topological polar surface area (TPSA) is 91.7 Å². The van der Waals surface area contributed by atoms with Gasteiger partial charge in [-0.15, -0.1) is 0 Å². The standard InChI is InChI=1S/C27H23N3O4/c1-16-5-10-23(17(2)11-16)24-25(29-19-12-21(33-3)14-22(13-19)34-4)27(32)30(26(24)31)20-8-6-18(15-28)7-9-20/h5-14,29H,1-4H3. The second-order valence-electron chi connectivity index (χ2n) is 7.90. The summed E-state index contributed by atoms with van der Waals surface area (Å²) >= 11 is 0. The number of carbonyl (C=O) groups excluding carboxylic acids is 2. The number of rotatable bonds is 6. The second kappa shape index (κ2) is 9.12. The minimum absolute atomic E-state index is 0.150. The predicted octanol–water partition coefficient (Wildman–Crippen LogP) is 4.59. The largest absolute Gasteiger partial charge is 0.497 e. The number of carbonyl (C=O) groups is 2. The number of nitrogens with zero attached hydrogens (tertiary/aromatic N) is 2. The fourth-order valence-corrected chi connectivity index (χ4v) is 3.93. The van der Waals surface area contributed by atoms with Crippen LogP contribution in [0, 0.1) is 25.2 Å². The summed E-state index contributed by atoms with van der Waals surface area (Å²) in [5.74, 6) is 0.137. The Labute approximate surface area is 197 Å². The number of amides is 2. The van der Waals surface area contributed by atoms with Gasteiger partial charge in [0.25, 0.3) is 11.8 Å². The molecular formula is C27H23N3O4. The third-order valence-corrected chi connectivity index (χ3v) is 5.61. The minimum atomic E-state index is -0.494. The van der Waals surface area contributed by atoms with Crippen LogP contribution in [0.3, 0.4) is 0 Å². The number of imide groups is 1. The van der Waals surface area contributed by atoms with Gasteiger partial charge >= 0.3 is 0 Å². The Morgan fingerprint density at radius 2 is 1.50 bits per heavy atom. The van der Waals surface area contributed by atoms with Crippen LogP contribution >= 0.6 is 0 Å². The van der Waals surface area contributed by atoms with E-state index < -0.39 is 11.8 Å². The van der Waals surface area contributed by atoms with E-state index >= 15 is 0 Å². The molecular weight excluding hydrogens is 430 g/mol. The van der Waals surface area contributed by atoms with Crippen molar-refractivity contribution in [3.63, 3.8) is 0 Å². The quantitative estimate of drug-likeness (QED) is 0.549. The van der Waals surface area contributed by atoms with E-state index in [9.17, 15) is 9.59 Å². The SMILES string of the molecule is COc1cc(NC2=C(c3ccc(C)cc3C)C(=O)N(c3ccc(C#N)cc3)C2=O)cc(OC)c1. The number of aryl methyl sites for hydroxylation is 2. The number of ether oxygens (including phenoxy) is 2. The Bertz CT molecular complexity index is 1350. The Morgan fingerprint density at radius 3 is 2.06 bits per heavy atom. The van der Waals surface area contributed by atoms with Crippen molar-refractivity contribution in [3.8, 4) is 17.6 Å². The van der Waals surface area contributed by atoms with Gasteiger partial charge in [-0.2, -0.15) is 5.26 Å². The van der Waals surface area contributed by atoms with E-state index in [0.717, 1.165) is 16.0 Å². The van der Waals surface area contributed by atoms with E-state index in [1.165, 1.54) is 14.2 Å². The molecule has 7 heteroatoms. The molecule has 34 heavy (non-hydrogen) atoms. The van der Waals surface area contributed by atoms with Gasteiger partial charge in [0.1, 0.15) is 17.2 Å². The van der Waals surface area contributed by atoms with Gasteiger partial charge in [-0.3, -0.25) is 9.59 Å². The van der Waals surface area contributed by atoms with E-state index in [1.807, 2.05) is 38.1 Å². The molecule has 2 amide bonds. The number of nitrogens with one attached hydrogen (secondary N) is 1. The molecule has 7 nitrogen and oxygen atoms in total. The highest BCUT2D eigenvalue weighted by Gasteiger charge is 2.40. The average Bonchev–Trinajstić information content (AvgIpc) is 3.08. The van der Waals surface area contributed by atoms with Crippen LogP contribution in [-0.4, -0.2) is 26.0 Å². The number of hydrogen-bond donors (Lipinski definition) is 1. The molecule has 1 heterocycles. The maximum atomic E-state index is 13.6. The van der Waals surface area contributed by atoms with Crippen LogP contribution in [0.15, 0.2) is 66.4 Å². The van der Waals surface area contributed by atoms with Crippen LogP contribution in [-0.2, 0) is 9.59 Å². The zero-order valence-corrected chi connectivity index (χ0v) is 19.3. The van der Waals surface area contributed by atoms with Crippen molar-refractivity contribution >= 4 is 28.8 Å². The third kappa shape index (κ3) is 4.09. The molecule has 1 N–H and O–H groups in total. The van der Waals surface area contributed by atoms with Gasteiger partial charge in [-0.1, -0.05) is 23.8 Å². The van der Waals surface area contributed by atoms with Crippen molar-refractivity contribution in [1.29, 1.82) is 5.26 Å². The summed E-state index contributed by atoms with van der Waals surface area (Å²) in [5, 5.41) is 12.2.